The van der Waals surface area contributed by atoms with Crippen LogP contribution in [0, 0.1) is 11.7 Å². The van der Waals surface area contributed by atoms with Crippen LogP contribution in [0.3, 0.4) is 0 Å². The van der Waals surface area contributed by atoms with E-state index in [2.05, 4.69) is 20.4 Å². The summed E-state index contributed by atoms with van der Waals surface area (Å²) in [5, 5.41) is 10.3. The van der Waals surface area contributed by atoms with Crippen LogP contribution in [0.4, 0.5) is 10.2 Å². The van der Waals surface area contributed by atoms with Crippen molar-refractivity contribution in [3.05, 3.63) is 17.9 Å². The molecule has 2 aliphatic rings. The van der Waals surface area contributed by atoms with Crippen LogP contribution in [0.5, 0.6) is 5.75 Å². The fourth-order valence-corrected chi connectivity index (χ4v) is 3.64. The number of hydrogen-bond donors (Lipinski definition) is 2. The number of hydrogen-bond acceptors (Lipinski definition) is 4. The van der Waals surface area contributed by atoms with Gasteiger partial charge in [-0.05, 0) is 25.8 Å². The van der Waals surface area contributed by atoms with Crippen molar-refractivity contribution < 1.29 is 9.13 Å². The number of anilines is 1. The second kappa shape index (κ2) is 6.00. The summed E-state index contributed by atoms with van der Waals surface area (Å²) in [6, 6.07) is 4.08. The predicted molar refractivity (Wildman–Crippen MR) is 88.4 cm³/mol. The van der Waals surface area contributed by atoms with Crippen LogP contribution in [-0.2, 0) is 0 Å². The third-order valence-corrected chi connectivity index (χ3v) is 5.22. The third-order valence-electron chi connectivity index (χ3n) is 5.22. The van der Waals surface area contributed by atoms with Crippen LogP contribution >= 0.6 is 0 Å². The molecule has 5 nitrogen and oxygen atoms in total. The maximum atomic E-state index is 14.3. The average Bonchev–Trinajstić information content (AvgIpc) is 3.10. The lowest BCUT2D eigenvalue weighted by molar-refractivity contribution is 0.146. The molecule has 1 saturated carbocycles. The normalized spacial score (nSPS) is 22.4. The Balaban J connectivity index is 1.40. The SMILES string of the molecule is CNc1n[nH]c2cc(OCC3CCN(C4CCC4)C3)cc(F)c12. The molecule has 1 unspecified atom stereocenters. The van der Waals surface area contributed by atoms with Crippen molar-refractivity contribution in [2.45, 2.75) is 31.7 Å². The summed E-state index contributed by atoms with van der Waals surface area (Å²) >= 11 is 0. The fraction of sp³-hybridized carbons (Fsp3) is 0.588. The molecular formula is C17H23FN4O. The number of fused-ring (bicyclic) bond motifs is 1. The van der Waals surface area contributed by atoms with Crippen LogP contribution in [0.1, 0.15) is 25.7 Å². The summed E-state index contributed by atoms with van der Waals surface area (Å²) < 4.78 is 20.1. The van der Waals surface area contributed by atoms with Gasteiger partial charge < -0.3 is 10.1 Å². The van der Waals surface area contributed by atoms with E-state index in [1.54, 1.807) is 7.05 Å². The number of benzene rings is 1. The molecular weight excluding hydrogens is 295 g/mol. The predicted octanol–water partition coefficient (Wildman–Crippen LogP) is 3.00. The number of aromatic amines is 1. The van der Waals surface area contributed by atoms with Crippen molar-refractivity contribution in [1.82, 2.24) is 15.1 Å². The van der Waals surface area contributed by atoms with Crippen molar-refractivity contribution in [2.24, 2.45) is 5.92 Å². The molecule has 2 aromatic rings. The second-order valence-corrected chi connectivity index (χ2v) is 6.70. The number of H-pyrrole nitrogens is 1. The number of aromatic nitrogens is 2. The summed E-state index contributed by atoms with van der Waals surface area (Å²) in [4.78, 5) is 2.59. The van der Waals surface area contributed by atoms with Crippen molar-refractivity contribution in [3.8, 4) is 5.75 Å². The smallest absolute Gasteiger partial charge is 0.158 e. The van der Waals surface area contributed by atoms with E-state index in [1.807, 2.05) is 6.07 Å². The lowest BCUT2D eigenvalue weighted by Gasteiger charge is -2.34. The Morgan fingerprint density at radius 2 is 2.26 bits per heavy atom. The highest BCUT2D eigenvalue weighted by Crippen LogP contribution is 2.31. The number of rotatable bonds is 5. The van der Waals surface area contributed by atoms with Crippen LogP contribution < -0.4 is 10.1 Å². The largest absolute Gasteiger partial charge is 0.493 e. The summed E-state index contributed by atoms with van der Waals surface area (Å²) in [7, 11) is 1.73. The molecule has 23 heavy (non-hydrogen) atoms. The first-order valence-corrected chi connectivity index (χ1v) is 8.47. The van der Waals surface area contributed by atoms with E-state index in [0.29, 0.717) is 35.0 Å². The lowest BCUT2D eigenvalue weighted by Crippen LogP contribution is -2.38. The second-order valence-electron chi connectivity index (χ2n) is 6.70. The van der Waals surface area contributed by atoms with Gasteiger partial charge in [0.1, 0.15) is 11.6 Å². The van der Waals surface area contributed by atoms with Crippen molar-refractivity contribution in [1.29, 1.82) is 0 Å². The Hall–Kier alpha value is -1.82. The molecule has 124 valence electrons. The molecule has 0 amide bonds. The Kier molecular flexibility index (Phi) is 3.85. The number of ether oxygens (including phenoxy) is 1. The Bertz CT molecular complexity index is 697. The maximum absolute atomic E-state index is 14.3. The molecule has 1 atom stereocenters. The van der Waals surface area contributed by atoms with Crippen LogP contribution in [0.2, 0.25) is 0 Å². The van der Waals surface area contributed by atoms with E-state index >= 15 is 0 Å². The molecule has 0 radical (unpaired) electrons. The van der Waals surface area contributed by atoms with Gasteiger partial charge in [0.05, 0.1) is 17.5 Å². The quantitative estimate of drug-likeness (QED) is 0.890. The van der Waals surface area contributed by atoms with E-state index in [-0.39, 0.29) is 5.82 Å². The van der Waals surface area contributed by atoms with Crippen molar-refractivity contribution in [2.75, 3.05) is 32.1 Å². The molecule has 6 heteroatoms. The molecule has 2 N–H and O–H groups in total. The molecule has 1 aromatic heterocycles. The van der Waals surface area contributed by atoms with E-state index in [4.69, 9.17) is 4.74 Å². The molecule has 1 aliphatic carbocycles. The Morgan fingerprint density at radius 3 is 3.00 bits per heavy atom. The van der Waals surface area contributed by atoms with E-state index < -0.39 is 0 Å². The van der Waals surface area contributed by atoms with Crippen molar-refractivity contribution in [3.63, 3.8) is 0 Å². The van der Waals surface area contributed by atoms with Gasteiger partial charge in [-0.1, -0.05) is 6.42 Å². The number of nitrogens with zero attached hydrogens (tertiary/aromatic N) is 2. The van der Waals surface area contributed by atoms with E-state index in [1.165, 1.54) is 38.3 Å². The minimum absolute atomic E-state index is 0.307. The summed E-state index contributed by atoms with van der Waals surface area (Å²) in [6.07, 6.45) is 5.25. The van der Waals surface area contributed by atoms with Gasteiger partial charge in [-0.3, -0.25) is 10.00 Å². The zero-order valence-corrected chi connectivity index (χ0v) is 13.4. The zero-order valence-electron chi connectivity index (χ0n) is 13.4. The molecule has 0 bridgehead atoms. The van der Waals surface area contributed by atoms with Crippen LogP contribution in [0.25, 0.3) is 10.9 Å². The number of nitrogens with one attached hydrogen (secondary N) is 2. The van der Waals surface area contributed by atoms with Crippen LogP contribution in [-0.4, -0.2) is 47.9 Å². The Morgan fingerprint density at radius 1 is 1.39 bits per heavy atom. The summed E-state index contributed by atoms with van der Waals surface area (Å²) in [5.41, 5.74) is 0.659. The molecule has 2 heterocycles. The minimum atomic E-state index is -0.307. The fourth-order valence-electron chi connectivity index (χ4n) is 3.64. The zero-order chi connectivity index (χ0) is 15.8. The lowest BCUT2D eigenvalue weighted by atomic mass is 9.92. The molecule has 2 fully saturated rings. The Labute approximate surface area is 135 Å². The van der Waals surface area contributed by atoms with Gasteiger partial charge in [0.25, 0.3) is 0 Å². The third kappa shape index (κ3) is 2.76. The highest BCUT2D eigenvalue weighted by molar-refractivity contribution is 5.91. The molecule has 1 saturated heterocycles. The minimum Gasteiger partial charge on any atom is -0.493 e. The average molecular weight is 318 g/mol. The van der Waals surface area contributed by atoms with Crippen molar-refractivity contribution >= 4 is 16.7 Å². The standard InChI is InChI=1S/C17H23FN4O/c1-19-17-16-14(18)7-13(8-15(16)20-21-17)23-10-11-5-6-22(9-11)12-3-2-4-12/h7-8,11-12H,2-6,9-10H2,1H3,(H2,19,20,21). The van der Waals surface area contributed by atoms with Gasteiger partial charge >= 0.3 is 0 Å². The van der Waals surface area contributed by atoms with E-state index in [9.17, 15) is 4.39 Å². The van der Waals surface area contributed by atoms with E-state index in [0.717, 1.165) is 12.6 Å². The monoisotopic (exact) mass is 318 g/mol. The first-order chi connectivity index (χ1) is 11.2. The van der Waals surface area contributed by atoms with Gasteiger partial charge in [0, 0.05) is 37.7 Å². The highest BCUT2D eigenvalue weighted by Gasteiger charge is 2.31. The molecule has 4 rings (SSSR count). The van der Waals surface area contributed by atoms with Gasteiger partial charge in [-0.15, -0.1) is 0 Å². The highest BCUT2D eigenvalue weighted by atomic mass is 19.1. The number of halogens is 1. The maximum Gasteiger partial charge on any atom is 0.158 e. The number of likely N-dealkylation sites (tertiary alicyclic amines) is 1. The molecule has 1 aromatic carbocycles. The summed E-state index contributed by atoms with van der Waals surface area (Å²) in [6.45, 7) is 2.95. The molecule has 0 spiro atoms. The summed E-state index contributed by atoms with van der Waals surface area (Å²) in [5.74, 6) is 1.33. The first-order valence-electron chi connectivity index (χ1n) is 8.47. The van der Waals surface area contributed by atoms with Gasteiger partial charge in [-0.25, -0.2) is 4.39 Å². The van der Waals surface area contributed by atoms with Gasteiger partial charge in [0.15, 0.2) is 5.82 Å². The van der Waals surface area contributed by atoms with Gasteiger partial charge in [0.2, 0.25) is 0 Å². The topological polar surface area (TPSA) is 53.2 Å². The van der Waals surface area contributed by atoms with Crippen LogP contribution in [0.15, 0.2) is 12.1 Å². The first kappa shape index (κ1) is 14.8. The van der Waals surface area contributed by atoms with Gasteiger partial charge in [-0.2, -0.15) is 5.10 Å². The molecule has 1 aliphatic heterocycles.